The zero-order chi connectivity index (χ0) is 20.6. The molecular weight excluding hydrogens is 362 g/mol. The van der Waals surface area contributed by atoms with Crippen molar-refractivity contribution in [3.63, 3.8) is 0 Å². The third-order valence-electron chi connectivity index (χ3n) is 3.63. The maximum atomic E-state index is 11.6. The van der Waals surface area contributed by atoms with E-state index in [2.05, 4.69) is 0 Å². The Morgan fingerprint density at radius 1 is 0.815 bits per heavy atom. The number of hydrogen-bond acceptors (Lipinski definition) is 10. The molecule has 1 aliphatic rings. The predicted molar refractivity (Wildman–Crippen MR) is 86.8 cm³/mol. The first-order valence-electron chi connectivity index (χ1n) is 8.33. The first-order valence-corrected chi connectivity index (χ1v) is 8.33. The van der Waals surface area contributed by atoms with Gasteiger partial charge in [0.15, 0.2) is 18.3 Å². The highest BCUT2D eigenvalue weighted by molar-refractivity contribution is 5.68. The Labute approximate surface area is 156 Å². The van der Waals surface area contributed by atoms with Crippen molar-refractivity contribution in [1.29, 1.82) is 5.26 Å². The number of esters is 4. The van der Waals surface area contributed by atoms with Gasteiger partial charge in [0.2, 0.25) is 0 Å². The van der Waals surface area contributed by atoms with Gasteiger partial charge in [-0.15, -0.1) is 0 Å². The van der Waals surface area contributed by atoms with Crippen LogP contribution < -0.4 is 0 Å². The minimum absolute atomic E-state index is 0.0771. The van der Waals surface area contributed by atoms with Gasteiger partial charge in [0.1, 0.15) is 18.8 Å². The highest BCUT2D eigenvalue weighted by Gasteiger charge is 2.51. The van der Waals surface area contributed by atoms with Crippen LogP contribution in [0.2, 0.25) is 0 Å². The molecule has 0 aliphatic carbocycles. The van der Waals surface area contributed by atoms with Crippen molar-refractivity contribution in [2.24, 2.45) is 0 Å². The van der Waals surface area contributed by atoms with Crippen LogP contribution in [0.4, 0.5) is 0 Å². The van der Waals surface area contributed by atoms with Gasteiger partial charge in [-0.05, 0) is 6.42 Å². The highest BCUT2D eigenvalue weighted by Crippen LogP contribution is 2.31. The summed E-state index contributed by atoms with van der Waals surface area (Å²) in [6, 6.07) is 1.95. The SMILES string of the molecule is CC(=O)OC[C@H]1O[C@H](CCC#N)[C@H](OC(C)=O)[C@@H](OC(C)=O)[C@@H]1OC(C)=O. The van der Waals surface area contributed by atoms with E-state index < -0.39 is 54.4 Å². The van der Waals surface area contributed by atoms with E-state index in [4.69, 9.17) is 28.9 Å². The summed E-state index contributed by atoms with van der Waals surface area (Å²) in [6.45, 7) is 4.38. The normalized spacial score (nSPS) is 27.0. The second-order valence-electron chi connectivity index (χ2n) is 5.93. The molecule has 1 aliphatic heterocycles. The number of nitriles is 1. The van der Waals surface area contributed by atoms with Gasteiger partial charge in [-0.2, -0.15) is 5.26 Å². The van der Waals surface area contributed by atoms with Crippen molar-refractivity contribution in [3.05, 3.63) is 0 Å². The number of carbonyl (C=O) groups is 4. The molecule has 10 heteroatoms. The lowest BCUT2D eigenvalue weighted by Gasteiger charge is -2.44. The Hall–Kier alpha value is -2.67. The van der Waals surface area contributed by atoms with Crippen LogP contribution in [-0.2, 0) is 42.9 Å². The summed E-state index contributed by atoms with van der Waals surface area (Å²) in [5.41, 5.74) is 0. The van der Waals surface area contributed by atoms with Crippen molar-refractivity contribution in [2.75, 3.05) is 6.61 Å². The highest BCUT2D eigenvalue weighted by atomic mass is 16.7. The molecule has 0 aromatic heterocycles. The average molecular weight is 385 g/mol. The molecule has 0 N–H and O–H groups in total. The number of rotatable bonds is 7. The van der Waals surface area contributed by atoms with Crippen molar-refractivity contribution >= 4 is 23.9 Å². The smallest absolute Gasteiger partial charge is 0.303 e. The molecule has 1 heterocycles. The molecule has 0 bridgehead atoms. The van der Waals surface area contributed by atoms with E-state index in [9.17, 15) is 19.2 Å². The zero-order valence-electron chi connectivity index (χ0n) is 15.6. The molecule has 0 radical (unpaired) electrons. The molecule has 0 aromatic carbocycles. The van der Waals surface area contributed by atoms with E-state index in [0.717, 1.165) is 20.8 Å². The zero-order valence-corrected chi connectivity index (χ0v) is 15.6. The van der Waals surface area contributed by atoms with E-state index in [-0.39, 0.29) is 19.4 Å². The summed E-state index contributed by atoms with van der Waals surface area (Å²) < 4.78 is 26.5. The van der Waals surface area contributed by atoms with Gasteiger partial charge in [0.05, 0.1) is 6.07 Å². The summed E-state index contributed by atoms with van der Waals surface area (Å²) in [7, 11) is 0. The lowest BCUT2D eigenvalue weighted by Crippen LogP contribution is -2.62. The fourth-order valence-corrected chi connectivity index (χ4v) is 2.76. The predicted octanol–water partition coefficient (Wildman–Crippen LogP) is 0.416. The molecule has 0 amide bonds. The quantitative estimate of drug-likeness (QED) is 0.447. The van der Waals surface area contributed by atoms with E-state index in [1.54, 1.807) is 0 Å². The van der Waals surface area contributed by atoms with Gasteiger partial charge < -0.3 is 23.7 Å². The van der Waals surface area contributed by atoms with Crippen LogP contribution in [-0.4, -0.2) is 61.0 Å². The molecule has 5 atom stereocenters. The lowest BCUT2D eigenvalue weighted by atomic mass is 9.92. The molecule has 10 nitrogen and oxygen atoms in total. The number of nitrogens with zero attached hydrogens (tertiary/aromatic N) is 1. The summed E-state index contributed by atoms with van der Waals surface area (Å²) >= 11 is 0. The Bertz CT molecular complexity index is 612. The molecule has 1 rings (SSSR count). The minimum atomic E-state index is -1.19. The molecule has 1 saturated heterocycles. The summed E-state index contributed by atoms with van der Waals surface area (Å²) in [5.74, 6) is -2.63. The Kier molecular flexibility index (Phi) is 8.68. The van der Waals surface area contributed by atoms with E-state index in [1.807, 2.05) is 6.07 Å². The van der Waals surface area contributed by atoms with Gasteiger partial charge >= 0.3 is 23.9 Å². The number of hydrogen-bond donors (Lipinski definition) is 0. The van der Waals surface area contributed by atoms with Crippen LogP contribution >= 0.6 is 0 Å². The van der Waals surface area contributed by atoms with E-state index in [1.165, 1.54) is 6.92 Å². The Balaban J connectivity index is 3.25. The van der Waals surface area contributed by atoms with Crippen LogP contribution in [0.1, 0.15) is 40.5 Å². The monoisotopic (exact) mass is 385 g/mol. The fraction of sp³-hybridized carbons (Fsp3) is 0.706. The first-order chi connectivity index (χ1) is 12.6. The third-order valence-corrected chi connectivity index (χ3v) is 3.63. The van der Waals surface area contributed by atoms with Crippen LogP contribution in [0.5, 0.6) is 0 Å². The summed E-state index contributed by atoms with van der Waals surface area (Å²) in [4.78, 5) is 45.8. The third kappa shape index (κ3) is 7.22. The maximum absolute atomic E-state index is 11.6. The van der Waals surface area contributed by atoms with Gasteiger partial charge in [-0.3, -0.25) is 19.2 Å². The van der Waals surface area contributed by atoms with Crippen molar-refractivity contribution in [1.82, 2.24) is 0 Å². The number of ether oxygens (including phenoxy) is 5. The van der Waals surface area contributed by atoms with Gasteiger partial charge in [0.25, 0.3) is 0 Å². The average Bonchev–Trinajstić information content (AvgIpc) is 2.54. The number of carbonyl (C=O) groups excluding carboxylic acids is 4. The summed E-state index contributed by atoms with van der Waals surface area (Å²) in [6.07, 6.45) is -5.02. The van der Waals surface area contributed by atoms with Gasteiger partial charge in [0, 0.05) is 34.1 Å². The van der Waals surface area contributed by atoms with Crippen LogP contribution in [0.3, 0.4) is 0 Å². The van der Waals surface area contributed by atoms with Gasteiger partial charge in [-0.1, -0.05) is 0 Å². The van der Waals surface area contributed by atoms with Crippen LogP contribution in [0.25, 0.3) is 0 Å². The summed E-state index contributed by atoms with van der Waals surface area (Å²) in [5, 5.41) is 8.85. The standard InChI is InChI=1S/C17H23NO9/c1-9(19)23-8-14-16(25-11(3)21)17(26-12(4)22)15(24-10(2)20)13(27-14)6-5-7-18/h13-17H,5-6,8H2,1-4H3/t13-,14-,15+,16-,17-/m1/s1. The molecule has 27 heavy (non-hydrogen) atoms. The van der Waals surface area contributed by atoms with Crippen molar-refractivity contribution < 1.29 is 42.9 Å². The second kappa shape index (κ2) is 10.5. The van der Waals surface area contributed by atoms with E-state index in [0.29, 0.717) is 0 Å². The Morgan fingerprint density at radius 3 is 1.74 bits per heavy atom. The van der Waals surface area contributed by atoms with Crippen molar-refractivity contribution in [3.8, 4) is 6.07 Å². The molecule has 0 unspecified atom stereocenters. The topological polar surface area (TPSA) is 138 Å². The lowest BCUT2D eigenvalue weighted by molar-refractivity contribution is -0.253. The molecular formula is C17H23NO9. The van der Waals surface area contributed by atoms with Crippen LogP contribution in [0.15, 0.2) is 0 Å². The minimum Gasteiger partial charge on any atom is -0.463 e. The fourth-order valence-electron chi connectivity index (χ4n) is 2.76. The van der Waals surface area contributed by atoms with Crippen LogP contribution in [0, 0.1) is 11.3 Å². The Morgan fingerprint density at radius 2 is 1.30 bits per heavy atom. The largest absolute Gasteiger partial charge is 0.463 e. The molecule has 0 spiro atoms. The maximum Gasteiger partial charge on any atom is 0.303 e. The van der Waals surface area contributed by atoms with E-state index >= 15 is 0 Å². The van der Waals surface area contributed by atoms with Crippen molar-refractivity contribution in [2.45, 2.75) is 71.1 Å². The van der Waals surface area contributed by atoms with Gasteiger partial charge in [-0.25, -0.2) is 0 Å². The molecule has 0 saturated carbocycles. The molecule has 150 valence electrons. The molecule has 0 aromatic rings. The molecule has 1 fully saturated rings. The second-order valence-corrected chi connectivity index (χ2v) is 5.93. The first kappa shape index (κ1) is 22.4.